The van der Waals surface area contributed by atoms with Gasteiger partial charge in [-0.3, -0.25) is 29.8 Å². The molecule has 0 aliphatic rings. The number of sulfonamides is 1. The van der Waals surface area contributed by atoms with E-state index in [2.05, 4.69) is 20.7 Å². The number of rotatable bonds is 9. The van der Waals surface area contributed by atoms with Crippen molar-refractivity contribution in [3.63, 3.8) is 0 Å². The monoisotopic (exact) mass is 485 g/mol. The zero-order valence-electron chi connectivity index (χ0n) is 19.2. The lowest BCUT2D eigenvalue weighted by Crippen LogP contribution is -2.41. The largest absolute Gasteiger partial charge is 0.494 e. The summed E-state index contributed by atoms with van der Waals surface area (Å²) in [5.41, 5.74) is 7.08. The van der Waals surface area contributed by atoms with Crippen molar-refractivity contribution >= 4 is 27.5 Å². The molecule has 10 nitrogen and oxygen atoms in total. The van der Waals surface area contributed by atoms with Gasteiger partial charge in [0.2, 0.25) is 5.91 Å². The molecular formula is C23H27N5O5S. The number of nitrogens with zero attached hydrogens (tertiary/aromatic N) is 2. The second-order valence-corrected chi connectivity index (χ2v) is 9.17. The van der Waals surface area contributed by atoms with Crippen LogP contribution >= 0.6 is 0 Å². The molecule has 0 saturated heterocycles. The van der Waals surface area contributed by atoms with Crippen LogP contribution in [0.5, 0.6) is 5.75 Å². The molecule has 2 aromatic carbocycles. The van der Waals surface area contributed by atoms with Gasteiger partial charge in [0.25, 0.3) is 15.9 Å². The summed E-state index contributed by atoms with van der Waals surface area (Å²) in [6.45, 7) is 6.50. The van der Waals surface area contributed by atoms with E-state index >= 15 is 0 Å². The molecule has 3 N–H and O–H groups in total. The number of carbonyl (C=O) groups excluding carboxylic acids is 2. The highest BCUT2D eigenvalue weighted by molar-refractivity contribution is 7.92. The molecular weight excluding hydrogens is 458 g/mol. The van der Waals surface area contributed by atoms with Gasteiger partial charge in [-0.25, -0.2) is 8.42 Å². The Bertz CT molecular complexity index is 1250. The highest BCUT2D eigenvalue weighted by Gasteiger charge is 2.15. The summed E-state index contributed by atoms with van der Waals surface area (Å²) in [6, 6.07) is 13.8. The first-order valence-corrected chi connectivity index (χ1v) is 12.1. The third kappa shape index (κ3) is 6.58. The normalized spacial score (nSPS) is 11.0. The maximum absolute atomic E-state index is 12.6. The lowest BCUT2D eigenvalue weighted by molar-refractivity contribution is -0.122. The van der Waals surface area contributed by atoms with Crippen LogP contribution < -0.4 is 20.3 Å². The minimum absolute atomic E-state index is 0.0842. The fourth-order valence-corrected chi connectivity index (χ4v) is 4.21. The molecule has 0 fully saturated rings. The zero-order chi connectivity index (χ0) is 24.7. The quantitative estimate of drug-likeness (QED) is 0.399. The second kappa shape index (κ2) is 10.8. The van der Waals surface area contributed by atoms with Gasteiger partial charge in [-0.2, -0.15) is 5.10 Å². The van der Waals surface area contributed by atoms with E-state index in [1.165, 1.54) is 36.4 Å². The highest BCUT2D eigenvalue weighted by Crippen LogP contribution is 2.19. The smallest absolute Gasteiger partial charge is 0.269 e. The van der Waals surface area contributed by atoms with Crippen LogP contribution in [-0.4, -0.2) is 36.6 Å². The van der Waals surface area contributed by atoms with Gasteiger partial charge in [-0.05, 0) is 75.4 Å². The first kappa shape index (κ1) is 24.8. The summed E-state index contributed by atoms with van der Waals surface area (Å²) in [5.74, 6) is -0.309. The first-order chi connectivity index (χ1) is 16.2. The molecule has 0 radical (unpaired) electrons. The molecule has 11 heteroatoms. The van der Waals surface area contributed by atoms with Gasteiger partial charge in [0.15, 0.2) is 0 Å². The van der Waals surface area contributed by atoms with E-state index in [0.717, 1.165) is 11.4 Å². The summed E-state index contributed by atoms with van der Waals surface area (Å²) < 4.78 is 34.6. The summed E-state index contributed by atoms with van der Waals surface area (Å²) in [7, 11) is -3.80. The molecule has 3 aromatic rings. The number of benzene rings is 2. The Morgan fingerprint density at radius 3 is 2.26 bits per heavy atom. The Hall–Kier alpha value is -3.86. The van der Waals surface area contributed by atoms with E-state index in [1.807, 2.05) is 26.8 Å². The lowest BCUT2D eigenvalue weighted by atomic mass is 10.2. The standard InChI is InChI=1S/C23H27N5O5S/c1-4-33-20-9-11-21(12-10-20)34(31,32)27-19-7-5-18(6-8-19)23(30)25-24-22(29)13-14-28-17(3)15-16(2)26-28/h5-12,15,27H,4,13-14H2,1-3H3,(H,24,29)(H,25,30). The fraction of sp³-hybridized carbons (Fsp3) is 0.261. The number of amides is 2. The Labute approximate surface area is 198 Å². The minimum atomic E-state index is -3.80. The first-order valence-electron chi connectivity index (χ1n) is 10.6. The lowest BCUT2D eigenvalue weighted by Gasteiger charge is -2.11. The van der Waals surface area contributed by atoms with Crippen molar-refractivity contribution in [3.05, 3.63) is 71.5 Å². The van der Waals surface area contributed by atoms with Crippen LogP contribution in [0.3, 0.4) is 0 Å². The SMILES string of the molecule is CCOc1ccc(S(=O)(=O)Nc2ccc(C(=O)NNC(=O)CCn3nc(C)cc3C)cc2)cc1. The van der Waals surface area contributed by atoms with Gasteiger partial charge in [-0.1, -0.05) is 0 Å². The summed E-state index contributed by atoms with van der Waals surface area (Å²) in [5, 5.41) is 4.28. The number of carbonyl (C=O) groups is 2. The predicted molar refractivity (Wildman–Crippen MR) is 127 cm³/mol. The van der Waals surface area contributed by atoms with E-state index in [0.29, 0.717) is 24.6 Å². The fourth-order valence-electron chi connectivity index (χ4n) is 3.16. The molecule has 1 heterocycles. The minimum Gasteiger partial charge on any atom is -0.494 e. The van der Waals surface area contributed by atoms with Crippen molar-refractivity contribution in [1.29, 1.82) is 0 Å². The van der Waals surface area contributed by atoms with Crippen LogP contribution in [0.15, 0.2) is 59.5 Å². The van der Waals surface area contributed by atoms with E-state index in [9.17, 15) is 18.0 Å². The summed E-state index contributed by atoms with van der Waals surface area (Å²) in [6.07, 6.45) is 0.147. The third-order valence-electron chi connectivity index (χ3n) is 4.81. The van der Waals surface area contributed by atoms with E-state index < -0.39 is 15.9 Å². The number of aromatic nitrogens is 2. The van der Waals surface area contributed by atoms with Crippen LogP contribution in [0.2, 0.25) is 0 Å². The van der Waals surface area contributed by atoms with E-state index in [1.54, 1.807) is 16.8 Å². The third-order valence-corrected chi connectivity index (χ3v) is 6.21. The van der Waals surface area contributed by atoms with Crippen molar-refractivity contribution in [1.82, 2.24) is 20.6 Å². The highest BCUT2D eigenvalue weighted by atomic mass is 32.2. The Balaban J connectivity index is 1.51. The van der Waals surface area contributed by atoms with Crippen LogP contribution in [0.1, 0.15) is 35.1 Å². The number of aryl methyl sites for hydroxylation is 3. The van der Waals surface area contributed by atoms with Crippen LogP contribution in [0.25, 0.3) is 0 Å². The van der Waals surface area contributed by atoms with Crippen molar-refractivity contribution in [2.45, 2.75) is 38.6 Å². The van der Waals surface area contributed by atoms with Gasteiger partial charge in [0.05, 0.1) is 23.7 Å². The summed E-state index contributed by atoms with van der Waals surface area (Å²) >= 11 is 0. The van der Waals surface area contributed by atoms with Crippen LogP contribution in [-0.2, 0) is 21.4 Å². The maximum Gasteiger partial charge on any atom is 0.269 e. The van der Waals surface area contributed by atoms with Gasteiger partial charge < -0.3 is 4.74 Å². The molecule has 34 heavy (non-hydrogen) atoms. The van der Waals surface area contributed by atoms with Crippen LogP contribution in [0.4, 0.5) is 5.69 Å². The summed E-state index contributed by atoms with van der Waals surface area (Å²) in [4.78, 5) is 24.4. The average molecular weight is 486 g/mol. The van der Waals surface area contributed by atoms with Gasteiger partial charge in [0.1, 0.15) is 5.75 Å². The van der Waals surface area contributed by atoms with Crippen LogP contribution in [0, 0.1) is 13.8 Å². The van der Waals surface area contributed by atoms with Crippen molar-refractivity contribution < 1.29 is 22.7 Å². The predicted octanol–water partition coefficient (Wildman–Crippen LogP) is 2.55. The number of hydrazine groups is 1. The van der Waals surface area contributed by atoms with Gasteiger partial charge in [0, 0.05) is 23.4 Å². The number of hydrogen-bond acceptors (Lipinski definition) is 6. The number of ether oxygens (including phenoxy) is 1. The maximum atomic E-state index is 12.6. The molecule has 3 rings (SSSR count). The molecule has 180 valence electrons. The number of nitrogens with one attached hydrogen (secondary N) is 3. The van der Waals surface area contributed by atoms with Crippen molar-refractivity contribution in [2.75, 3.05) is 11.3 Å². The van der Waals surface area contributed by atoms with Gasteiger partial charge in [-0.15, -0.1) is 0 Å². The molecule has 2 amide bonds. The zero-order valence-corrected chi connectivity index (χ0v) is 20.0. The molecule has 0 bridgehead atoms. The molecule has 0 spiro atoms. The molecule has 0 unspecified atom stereocenters. The molecule has 0 saturated carbocycles. The molecule has 0 atom stereocenters. The Morgan fingerprint density at radius 1 is 1.00 bits per heavy atom. The molecule has 1 aromatic heterocycles. The number of anilines is 1. The Morgan fingerprint density at radius 2 is 1.68 bits per heavy atom. The average Bonchev–Trinajstić information content (AvgIpc) is 3.13. The Kier molecular flexibility index (Phi) is 7.90. The van der Waals surface area contributed by atoms with Gasteiger partial charge >= 0.3 is 0 Å². The molecule has 0 aliphatic heterocycles. The molecule has 0 aliphatic carbocycles. The second-order valence-electron chi connectivity index (χ2n) is 7.49. The van der Waals surface area contributed by atoms with E-state index in [-0.39, 0.29) is 22.8 Å². The van der Waals surface area contributed by atoms with Crippen molar-refractivity contribution in [3.8, 4) is 5.75 Å². The van der Waals surface area contributed by atoms with Crippen molar-refractivity contribution in [2.24, 2.45) is 0 Å². The number of hydrogen-bond donors (Lipinski definition) is 3. The topological polar surface area (TPSA) is 131 Å². The van der Waals surface area contributed by atoms with E-state index in [4.69, 9.17) is 4.74 Å².